The lowest BCUT2D eigenvalue weighted by molar-refractivity contribution is -0.213. The van der Waals surface area contributed by atoms with Gasteiger partial charge in [0.05, 0.1) is 26.4 Å². The van der Waals surface area contributed by atoms with Crippen molar-refractivity contribution in [2.24, 2.45) is 0 Å². The van der Waals surface area contributed by atoms with E-state index in [9.17, 15) is 9.79 Å². The summed E-state index contributed by atoms with van der Waals surface area (Å²) < 4.78 is 23.8. The summed E-state index contributed by atoms with van der Waals surface area (Å²) in [6, 6.07) is 24.0. The van der Waals surface area contributed by atoms with E-state index in [1.807, 2.05) is 48.5 Å². The van der Waals surface area contributed by atoms with Crippen molar-refractivity contribution in [3.63, 3.8) is 0 Å². The first-order valence-electron chi connectivity index (χ1n) is 13.5. The van der Waals surface area contributed by atoms with Crippen LogP contribution in [-0.4, -0.2) is 35.2 Å². The van der Waals surface area contributed by atoms with E-state index in [4.69, 9.17) is 18.1 Å². The lowest BCUT2D eigenvalue weighted by Crippen LogP contribution is -2.64. The molecule has 0 aliphatic rings. The predicted octanol–water partition coefficient (Wildman–Crippen LogP) is 3.14. The molecule has 6 nitrogen and oxygen atoms in total. The first-order valence-corrected chi connectivity index (χ1v) is 18.1. The maximum atomic E-state index is 14.7. The van der Waals surface area contributed by atoms with E-state index in [1.165, 1.54) is 0 Å². The molecule has 0 bridgehead atoms. The molecule has 9 heteroatoms. The van der Waals surface area contributed by atoms with E-state index in [0.29, 0.717) is 15.8 Å². The summed E-state index contributed by atoms with van der Waals surface area (Å²) in [7, 11) is -9.58. The monoisotopic (exact) mass is 587 g/mol. The van der Waals surface area contributed by atoms with Crippen molar-refractivity contribution in [1.82, 2.24) is 0 Å². The van der Waals surface area contributed by atoms with Crippen LogP contribution in [-0.2, 0) is 23.5 Å². The minimum atomic E-state index is -3.84. The Morgan fingerprint density at radius 1 is 0.615 bits per heavy atom. The molecule has 0 N–H and O–H groups in total. The molecule has 0 fully saturated rings. The molecular formula is C30H41O6P2Si. The van der Waals surface area contributed by atoms with Gasteiger partial charge in [-0.2, -0.15) is 0 Å². The Bertz CT molecular complexity index is 1090. The summed E-state index contributed by atoms with van der Waals surface area (Å²) >= 11 is 0. The van der Waals surface area contributed by atoms with Gasteiger partial charge in [-0.3, -0.25) is 0 Å². The van der Waals surface area contributed by atoms with Crippen LogP contribution in [0.2, 0.25) is 0 Å². The van der Waals surface area contributed by atoms with Gasteiger partial charge in [0.2, 0.25) is 0 Å². The third-order valence-electron chi connectivity index (χ3n) is 6.12. The van der Waals surface area contributed by atoms with Crippen LogP contribution >= 0.6 is 15.9 Å². The largest absolute Gasteiger partial charge is 0.627 e. The fourth-order valence-electron chi connectivity index (χ4n) is 4.43. The van der Waals surface area contributed by atoms with Gasteiger partial charge in [-0.1, -0.05) is 91.8 Å². The van der Waals surface area contributed by atoms with Gasteiger partial charge in [-0.25, -0.2) is 18.1 Å². The van der Waals surface area contributed by atoms with Crippen LogP contribution in [0.15, 0.2) is 72.8 Å². The lowest BCUT2D eigenvalue weighted by Gasteiger charge is -2.35. The van der Waals surface area contributed by atoms with Crippen LogP contribution < -0.4 is 36.0 Å². The van der Waals surface area contributed by atoms with Gasteiger partial charge < -0.3 is 9.79 Å². The van der Waals surface area contributed by atoms with Crippen LogP contribution in [0.5, 0.6) is 0 Å². The zero-order valence-corrected chi connectivity index (χ0v) is 26.9. The van der Waals surface area contributed by atoms with Crippen LogP contribution in [0.4, 0.5) is 0 Å². The molecule has 0 aromatic heterocycles. The van der Waals surface area contributed by atoms with Gasteiger partial charge >= 0.3 is 0 Å². The van der Waals surface area contributed by atoms with E-state index in [1.54, 1.807) is 27.7 Å². The Labute approximate surface area is 237 Å². The third kappa shape index (κ3) is 7.42. The molecule has 39 heavy (non-hydrogen) atoms. The highest BCUT2D eigenvalue weighted by atomic mass is 31.2. The van der Waals surface area contributed by atoms with Crippen molar-refractivity contribution in [1.29, 1.82) is 0 Å². The molecule has 0 spiro atoms. The van der Waals surface area contributed by atoms with E-state index in [0.717, 1.165) is 15.9 Å². The van der Waals surface area contributed by atoms with E-state index in [2.05, 4.69) is 45.0 Å². The van der Waals surface area contributed by atoms with E-state index in [-0.39, 0.29) is 31.8 Å². The Morgan fingerprint density at radius 3 is 1.23 bits per heavy atom. The van der Waals surface area contributed by atoms with Crippen molar-refractivity contribution in [3.8, 4) is 0 Å². The fourth-order valence-corrected chi connectivity index (χ4v) is 12.1. The molecule has 3 rings (SSSR count). The summed E-state index contributed by atoms with van der Waals surface area (Å²) in [6.45, 7) is 14.2. The topological polar surface area (TPSA) is 83.0 Å². The van der Waals surface area contributed by atoms with Crippen LogP contribution in [0.1, 0.15) is 54.0 Å². The van der Waals surface area contributed by atoms with Gasteiger partial charge in [-0.05, 0) is 50.8 Å². The molecule has 1 radical (unpaired) electrons. The summed E-state index contributed by atoms with van der Waals surface area (Å²) in [5, 5.41) is 3.60. The first kappa shape index (κ1) is 32.0. The predicted molar refractivity (Wildman–Crippen MR) is 162 cm³/mol. The quantitative estimate of drug-likeness (QED) is 0.174. The molecule has 0 saturated carbocycles. The number of benzene rings is 3. The number of hydrogen-bond acceptors (Lipinski definition) is 6. The second-order valence-electron chi connectivity index (χ2n) is 9.91. The minimum Gasteiger partial charge on any atom is -0.627 e. The zero-order valence-electron chi connectivity index (χ0n) is 24.1. The summed E-state index contributed by atoms with van der Waals surface area (Å²) in [5.74, 6) is 0. The second kappa shape index (κ2) is 13.9. The van der Waals surface area contributed by atoms with Crippen LogP contribution in [0.3, 0.4) is 0 Å². The molecule has 3 aromatic rings. The SMILES string of the molecule is CCO[P+]([O-])(OCC)c1cc(C(C)(C)C)cc([P+]([O-])(OCC)OCC)c1[Si](c1ccccc1)c1ccccc1. The molecule has 0 aliphatic heterocycles. The molecule has 0 amide bonds. The van der Waals surface area contributed by atoms with Crippen molar-refractivity contribution < 1.29 is 27.9 Å². The molecule has 0 aliphatic carbocycles. The highest BCUT2D eigenvalue weighted by molar-refractivity contribution is 7.70. The summed E-state index contributed by atoms with van der Waals surface area (Å²) in [6.07, 6.45) is 0. The van der Waals surface area contributed by atoms with Crippen molar-refractivity contribution >= 4 is 50.9 Å². The Kier molecular flexibility index (Phi) is 11.4. The highest BCUT2D eigenvalue weighted by Gasteiger charge is 2.47. The molecular weight excluding hydrogens is 546 g/mol. The van der Waals surface area contributed by atoms with Gasteiger partial charge in [0.25, 0.3) is 15.9 Å². The molecule has 0 atom stereocenters. The first-order chi connectivity index (χ1) is 18.5. The average molecular weight is 588 g/mol. The summed E-state index contributed by atoms with van der Waals surface area (Å²) in [4.78, 5) is 29.4. The van der Waals surface area contributed by atoms with Crippen LogP contribution in [0.25, 0.3) is 0 Å². The maximum absolute atomic E-state index is 14.7. The Hall–Kier alpha value is -1.50. The van der Waals surface area contributed by atoms with Gasteiger partial charge in [0.15, 0.2) is 19.4 Å². The van der Waals surface area contributed by atoms with E-state index < -0.39 is 24.7 Å². The molecule has 211 valence electrons. The van der Waals surface area contributed by atoms with E-state index >= 15 is 0 Å². The second-order valence-corrected chi connectivity index (χ2v) is 16.3. The molecule has 3 aromatic carbocycles. The summed E-state index contributed by atoms with van der Waals surface area (Å²) in [5.41, 5.74) is 0.485. The van der Waals surface area contributed by atoms with Crippen molar-refractivity contribution in [2.75, 3.05) is 26.4 Å². The van der Waals surface area contributed by atoms with Gasteiger partial charge in [0, 0.05) is 5.19 Å². The van der Waals surface area contributed by atoms with Crippen LogP contribution in [0, 0.1) is 0 Å². The standard InChI is InChI=1S/C30H41O6P2Si/c1-8-33-37(31,34-9-2)27-22-24(30(5,6)7)23-28(38(32,35-10-3)36-11-4)29(27)39(25-18-14-12-15-19-25)26-20-16-13-17-21-26/h12-23H,8-11H2,1-7H3. The minimum absolute atomic E-state index is 0.194. The maximum Gasteiger partial charge on any atom is 0.271 e. The fraction of sp³-hybridized carbons (Fsp3) is 0.400. The smallest absolute Gasteiger partial charge is 0.271 e. The third-order valence-corrected chi connectivity index (χ3v) is 13.7. The van der Waals surface area contributed by atoms with Crippen molar-refractivity contribution in [3.05, 3.63) is 78.4 Å². The number of rotatable bonds is 13. The molecule has 0 heterocycles. The normalized spacial score (nSPS) is 12.8. The Morgan fingerprint density at radius 2 is 0.949 bits per heavy atom. The van der Waals surface area contributed by atoms with Gasteiger partial charge in [0.1, 0.15) is 0 Å². The zero-order chi connectivity index (χ0) is 28.7. The number of hydrogen-bond donors (Lipinski definition) is 0. The highest BCUT2D eigenvalue weighted by Crippen LogP contribution is 2.54. The molecule has 0 unspecified atom stereocenters. The lowest BCUT2D eigenvalue weighted by atomic mass is 9.87. The van der Waals surface area contributed by atoms with Gasteiger partial charge in [-0.15, -0.1) is 0 Å². The Balaban J connectivity index is 2.59. The average Bonchev–Trinajstić information content (AvgIpc) is 2.90. The van der Waals surface area contributed by atoms with Crippen molar-refractivity contribution in [2.45, 2.75) is 53.9 Å². The molecule has 0 saturated heterocycles.